The number of carbonyl (C=O) groups is 1. The third-order valence-electron chi connectivity index (χ3n) is 3.28. The van der Waals surface area contributed by atoms with E-state index >= 15 is 0 Å². The maximum absolute atomic E-state index is 10.9. The second-order valence-electron chi connectivity index (χ2n) is 4.93. The Balaban J connectivity index is 2.53. The number of rotatable bonds is 6. The topological polar surface area (TPSA) is 64.3 Å². The molecular formula is C14H22N2O2. The Bertz CT molecular complexity index is 385. The molecule has 0 aliphatic heterocycles. The van der Waals surface area contributed by atoms with Crippen molar-refractivity contribution in [3.05, 3.63) is 29.8 Å². The fraction of sp³-hybridized carbons (Fsp3) is 0.500. The predicted octanol–water partition coefficient (Wildman–Crippen LogP) is 2.13. The molecule has 0 spiro atoms. The molecule has 1 rings (SSSR count). The van der Waals surface area contributed by atoms with E-state index in [2.05, 4.69) is 38.3 Å². The van der Waals surface area contributed by atoms with Crippen molar-refractivity contribution < 1.29 is 9.53 Å². The van der Waals surface area contributed by atoms with Gasteiger partial charge in [-0.1, -0.05) is 32.9 Å². The lowest BCUT2D eigenvalue weighted by atomic mass is 9.82. The van der Waals surface area contributed by atoms with Gasteiger partial charge in [-0.25, -0.2) is 5.84 Å². The summed E-state index contributed by atoms with van der Waals surface area (Å²) >= 11 is 0. The van der Waals surface area contributed by atoms with E-state index in [4.69, 9.17) is 10.6 Å². The van der Waals surface area contributed by atoms with E-state index in [0.29, 0.717) is 6.61 Å². The molecule has 0 heterocycles. The summed E-state index contributed by atoms with van der Waals surface area (Å²) in [7, 11) is 0. The summed E-state index contributed by atoms with van der Waals surface area (Å²) in [4.78, 5) is 10.9. The molecule has 1 aromatic carbocycles. The average Bonchev–Trinajstić information content (AvgIpc) is 2.39. The van der Waals surface area contributed by atoms with Gasteiger partial charge in [0.25, 0.3) is 0 Å². The number of hydrogen-bond acceptors (Lipinski definition) is 3. The summed E-state index contributed by atoms with van der Waals surface area (Å²) in [6, 6.07) is 8.02. The first-order valence-corrected chi connectivity index (χ1v) is 6.22. The molecule has 1 aromatic rings. The standard InChI is InChI=1S/C14H22N2O2/c1-4-14(2,3)11-5-7-12(8-6-11)18-10-9-13(17)16-15/h5-8H,4,9-10,15H2,1-3H3,(H,16,17). The van der Waals surface area contributed by atoms with Gasteiger partial charge in [-0.2, -0.15) is 0 Å². The maximum Gasteiger partial charge on any atom is 0.237 e. The van der Waals surface area contributed by atoms with E-state index in [9.17, 15) is 4.79 Å². The van der Waals surface area contributed by atoms with Crippen LogP contribution < -0.4 is 16.0 Å². The first-order valence-electron chi connectivity index (χ1n) is 6.22. The highest BCUT2D eigenvalue weighted by atomic mass is 16.5. The van der Waals surface area contributed by atoms with Crippen LogP contribution in [0.1, 0.15) is 39.2 Å². The maximum atomic E-state index is 10.9. The molecule has 0 atom stereocenters. The van der Waals surface area contributed by atoms with E-state index < -0.39 is 0 Å². The summed E-state index contributed by atoms with van der Waals surface area (Å²) < 4.78 is 5.46. The zero-order valence-corrected chi connectivity index (χ0v) is 11.3. The summed E-state index contributed by atoms with van der Waals surface area (Å²) in [5.41, 5.74) is 3.54. The van der Waals surface area contributed by atoms with Gasteiger partial charge in [0.15, 0.2) is 0 Å². The minimum Gasteiger partial charge on any atom is -0.493 e. The number of hydrogen-bond donors (Lipinski definition) is 2. The van der Waals surface area contributed by atoms with Crippen LogP contribution in [0, 0.1) is 0 Å². The van der Waals surface area contributed by atoms with Crippen molar-refractivity contribution >= 4 is 5.91 Å². The minimum atomic E-state index is -0.223. The summed E-state index contributed by atoms with van der Waals surface area (Å²) in [6.07, 6.45) is 1.35. The van der Waals surface area contributed by atoms with Gasteiger partial charge in [0.1, 0.15) is 5.75 Å². The van der Waals surface area contributed by atoms with Gasteiger partial charge >= 0.3 is 0 Å². The van der Waals surface area contributed by atoms with Crippen molar-refractivity contribution in [1.29, 1.82) is 0 Å². The molecule has 0 unspecified atom stereocenters. The SMILES string of the molecule is CCC(C)(C)c1ccc(OCCC(=O)NN)cc1. The molecule has 0 bridgehead atoms. The normalized spacial score (nSPS) is 11.1. The first-order chi connectivity index (χ1) is 8.49. The van der Waals surface area contributed by atoms with Crippen molar-refractivity contribution in [1.82, 2.24) is 5.43 Å². The number of amides is 1. The van der Waals surface area contributed by atoms with Crippen LogP contribution >= 0.6 is 0 Å². The summed E-state index contributed by atoms with van der Waals surface area (Å²) in [6.45, 7) is 6.94. The Morgan fingerprint density at radius 2 is 1.94 bits per heavy atom. The van der Waals surface area contributed by atoms with E-state index in [1.165, 1.54) is 5.56 Å². The van der Waals surface area contributed by atoms with E-state index in [1.807, 2.05) is 12.1 Å². The molecule has 0 aliphatic carbocycles. The number of hydrazine groups is 1. The minimum absolute atomic E-state index is 0.179. The quantitative estimate of drug-likeness (QED) is 0.462. The summed E-state index contributed by atoms with van der Waals surface area (Å²) in [5.74, 6) is 5.53. The molecule has 4 heteroatoms. The van der Waals surface area contributed by atoms with Gasteiger partial charge in [0, 0.05) is 0 Å². The molecule has 3 N–H and O–H groups in total. The number of nitrogens with one attached hydrogen (secondary N) is 1. The predicted molar refractivity (Wildman–Crippen MR) is 72.2 cm³/mol. The zero-order chi connectivity index (χ0) is 13.6. The monoisotopic (exact) mass is 250 g/mol. The molecule has 0 fully saturated rings. The van der Waals surface area contributed by atoms with Gasteiger partial charge in [-0.15, -0.1) is 0 Å². The largest absolute Gasteiger partial charge is 0.493 e. The highest BCUT2D eigenvalue weighted by Gasteiger charge is 2.17. The van der Waals surface area contributed by atoms with Crippen LogP contribution in [-0.2, 0) is 10.2 Å². The van der Waals surface area contributed by atoms with Crippen molar-refractivity contribution in [2.75, 3.05) is 6.61 Å². The Kier molecular flexibility index (Phi) is 5.16. The lowest BCUT2D eigenvalue weighted by Crippen LogP contribution is -2.31. The lowest BCUT2D eigenvalue weighted by molar-refractivity contribution is -0.121. The first kappa shape index (κ1) is 14.5. The van der Waals surface area contributed by atoms with Crippen LogP contribution in [0.5, 0.6) is 5.75 Å². The van der Waals surface area contributed by atoms with Gasteiger partial charge in [-0.3, -0.25) is 10.2 Å². The Hall–Kier alpha value is -1.55. The Labute approximate surface area is 108 Å². The fourth-order valence-electron chi connectivity index (χ4n) is 1.54. The molecule has 4 nitrogen and oxygen atoms in total. The van der Waals surface area contributed by atoms with Crippen LogP contribution in [-0.4, -0.2) is 12.5 Å². The van der Waals surface area contributed by atoms with E-state index in [-0.39, 0.29) is 17.7 Å². The summed E-state index contributed by atoms with van der Waals surface area (Å²) in [5, 5.41) is 0. The molecule has 0 saturated heterocycles. The van der Waals surface area contributed by atoms with E-state index in [1.54, 1.807) is 0 Å². The van der Waals surface area contributed by atoms with Gasteiger partial charge < -0.3 is 4.74 Å². The molecule has 18 heavy (non-hydrogen) atoms. The van der Waals surface area contributed by atoms with Crippen LogP contribution in [0.2, 0.25) is 0 Å². The van der Waals surface area contributed by atoms with Crippen molar-refractivity contribution in [2.45, 2.75) is 39.0 Å². The van der Waals surface area contributed by atoms with Crippen molar-refractivity contribution in [3.8, 4) is 5.75 Å². The van der Waals surface area contributed by atoms with Gasteiger partial charge in [-0.05, 0) is 29.5 Å². The molecule has 0 aromatic heterocycles. The van der Waals surface area contributed by atoms with Gasteiger partial charge in [0.2, 0.25) is 5.91 Å². The number of carbonyl (C=O) groups excluding carboxylic acids is 1. The molecule has 0 radical (unpaired) electrons. The fourth-order valence-corrected chi connectivity index (χ4v) is 1.54. The molecular weight excluding hydrogens is 228 g/mol. The zero-order valence-electron chi connectivity index (χ0n) is 11.3. The van der Waals surface area contributed by atoms with Crippen molar-refractivity contribution in [2.24, 2.45) is 5.84 Å². The van der Waals surface area contributed by atoms with Gasteiger partial charge in [0.05, 0.1) is 13.0 Å². The van der Waals surface area contributed by atoms with Crippen LogP contribution in [0.25, 0.3) is 0 Å². The lowest BCUT2D eigenvalue weighted by Gasteiger charge is -2.23. The van der Waals surface area contributed by atoms with Crippen LogP contribution in [0.4, 0.5) is 0 Å². The molecule has 1 amide bonds. The third-order valence-corrected chi connectivity index (χ3v) is 3.28. The smallest absolute Gasteiger partial charge is 0.237 e. The highest BCUT2D eigenvalue weighted by molar-refractivity contribution is 5.75. The van der Waals surface area contributed by atoms with Crippen molar-refractivity contribution in [3.63, 3.8) is 0 Å². The second-order valence-corrected chi connectivity index (χ2v) is 4.93. The average molecular weight is 250 g/mol. The third kappa shape index (κ3) is 4.04. The molecule has 0 saturated carbocycles. The highest BCUT2D eigenvalue weighted by Crippen LogP contribution is 2.27. The Morgan fingerprint density at radius 3 is 2.44 bits per heavy atom. The molecule has 0 aliphatic rings. The number of benzene rings is 1. The molecule has 100 valence electrons. The van der Waals surface area contributed by atoms with E-state index in [0.717, 1.165) is 12.2 Å². The Morgan fingerprint density at radius 1 is 1.33 bits per heavy atom. The number of nitrogens with two attached hydrogens (primary N) is 1. The van der Waals surface area contributed by atoms with Crippen LogP contribution in [0.3, 0.4) is 0 Å². The van der Waals surface area contributed by atoms with Crippen LogP contribution in [0.15, 0.2) is 24.3 Å². The second kappa shape index (κ2) is 6.40. The number of ether oxygens (including phenoxy) is 1.